The van der Waals surface area contributed by atoms with E-state index in [2.05, 4.69) is 27.0 Å². The molecule has 0 atom stereocenters. The van der Waals surface area contributed by atoms with Gasteiger partial charge in [-0.3, -0.25) is 0 Å². The van der Waals surface area contributed by atoms with Crippen LogP contribution in [0, 0.1) is 0 Å². The van der Waals surface area contributed by atoms with E-state index < -0.39 is 0 Å². The van der Waals surface area contributed by atoms with Gasteiger partial charge in [-0.2, -0.15) is 0 Å². The van der Waals surface area contributed by atoms with Crippen molar-refractivity contribution in [1.82, 2.24) is 9.97 Å². The summed E-state index contributed by atoms with van der Waals surface area (Å²) in [5, 5.41) is 0. The Labute approximate surface area is 119 Å². The lowest BCUT2D eigenvalue weighted by Gasteiger charge is -2.13. The molecule has 2 rings (SSSR count). The zero-order chi connectivity index (χ0) is 14.5. The Bertz CT molecular complexity index is 567. The van der Waals surface area contributed by atoms with Crippen LogP contribution in [0.5, 0.6) is 0 Å². The Kier molecular flexibility index (Phi) is 4.53. The minimum Gasteiger partial charge on any atom is -0.384 e. The molecule has 0 aliphatic rings. The monoisotopic (exact) mass is 272 g/mol. The Morgan fingerprint density at radius 3 is 2.45 bits per heavy atom. The van der Waals surface area contributed by atoms with Crippen molar-refractivity contribution in [2.75, 3.05) is 31.3 Å². The number of anilines is 2. The third-order valence-electron chi connectivity index (χ3n) is 2.91. The molecular formula is C15H20N4O. The van der Waals surface area contributed by atoms with Crippen LogP contribution in [0.2, 0.25) is 0 Å². The van der Waals surface area contributed by atoms with Gasteiger partial charge >= 0.3 is 0 Å². The van der Waals surface area contributed by atoms with Gasteiger partial charge in [-0.25, -0.2) is 9.97 Å². The van der Waals surface area contributed by atoms with Gasteiger partial charge in [0.25, 0.3) is 0 Å². The average molecular weight is 272 g/mol. The molecular weight excluding hydrogens is 252 g/mol. The highest BCUT2D eigenvalue weighted by molar-refractivity contribution is 5.64. The van der Waals surface area contributed by atoms with E-state index in [1.165, 1.54) is 0 Å². The first kappa shape index (κ1) is 14.3. The SMILES string of the molecule is CCOCc1nc(N)cc(-c2ccc(N(C)C)cc2)n1. The maximum Gasteiger partial charge on any atom is 0.157 e. The Hall–Kier alpha value is -2.14. The van der Waals surface area contributed by atoms with Crippen LogP contribution in [0.15, 0.2) is 30.3 Å². The molecule has 0 fully saturated rings. The molecule has 0 saturated carbocycles. The summed E-state index contributed by atoms with van der Waals surface area (Å²) >= 11 is 0. The lowest BCUT2D eigenvalue weighted by molar-refractivity contribution is 0.128. The summed E-state index contributed by atoms with van der Waals surface area (Å²) in [5.41, 5.74) is 8.81. The van der Waals surface area contributed by atoms with Gasteiger partial charge in [-0.1, -0.05) is 12.1 Å². The lowest BCUT2D eigenvalue weighted by atomic mass is 10.1. The molecule has 2 aromatic rings. The summed E-state index contributed by atoms with van der Waals surface area (Å²) in [6.07, 6.45) is 0. The van der Waals surface area contributed by atoms with Crippen molar-refractivity contribution in [2.24, 2.45) is 0 Å². The quantitative estimate of drug-likeness (QED) is 0.905. The van der Waals surface area contributed by atoms with Gasteiger partial charge in [0, 0.05) is 38.0 Å². The van der Waals surface area contributed by atoms with Crippen LogP contribution >= 0.6 is 0 Å². The van der Waals surface area contributed by atoms with E-state index in [0.717, 1.165) is 16.9 Å². The average Bonchev–Trinajstić information content (AvgIpc) is 2.44. The highest BCUT2D eigenvalue weighted by Gasteiger charge is 2.06. The van der Waals surface area contributed by atoms with Crippen molar-refractivity contribution in [1.29, 1.82) is 0 Å². The van der Waals surface area contributed by atoms with E-state index in [1.54, 1.807) is 6.07 Å². The van der Waals surface area contributed by atoms with Crippen LogP contribution < -0.4 is 10.6 Å². The number of nitrogen functional groups attached to an aromatic ring is 1. The Morgan fingerprint density at radius 2 is 1.85 bits per heavy atom. The van der Waals surface area contributed by atoms with E-state index in [4.69, 9.17) is 10.5 Å². The van der Waals surface area contributed by atoms with E-state index in [1.807, 2.05) is 33.2 Å². The molecule has 0 aliphatic carbocycles. The molecule has 0 amide bonds. The fraction of sp³-hybridized carbons (Fsp3) is 0.333. The standard InChI is InChI=1S/C15H20N4O/c1-4-20-10-15-17-13(9-14(16)18-15)11-5-7-12(8-6-11)19(2)3/h5-9H,4,10H2,1-3H3,(H2,16,17,18). The van der Waals surface area contributed by atoms with Gasteiger partial charge in [-0.15, -0.1) is 0 Å². The molecule has 1 aromatic heterocycles. The van der Waals surface area contributed by atoms with Gasteiger partial charge < -0.3 is 15.4 Å². The minimum atomic E-state index is 0.379. The second kappa shape index (κ2) is 6.34. The maximum atomic E-state index is 5.83. The Morgan fingerprint density at radius 1 is 1.15 bits per heavy atom. The molecule has 0 bridgehead atoms. The molecule has 0 spiro atoms. The highest BCUT2D eigenvalue weighted by atomic mass is 16.5. The predicted molar refractivity (Wildman–Crippen MR) is 81.5 cm³/mol. The largest absolute Gasteiger partial charge is 0.384 e. The summed E-state index contributed by atoms with van der Waals surface area (Å²) in [6.45, 7) is 2.95. The second-order valence-electron chi connectivity index (χ2n) is 4.67. The molecule has 106 valence electrons. The first-order valence-electron chi connectivity index (χ1n) is 6.59. The van der Waals surface area contributed by atoms with Crippen LogP contribution in [0.1, 0.15) is 12.7 Å². The van der Waals surface area contributed by atoms with Crippen LogP contribution in [0.25, 0.3) is 11.3 Å². The summed E-state index contributed by atoms with van der Waals surface area (Å²) in [4.78, 5) is 10.7. The maximum absolute atomic E-state index is 5.83. The molecule has 5 nitrogen and oxygen atoms in total. The molecule has 0 radical (unpaired) electrons. The van der Waals surface area contributed by atoms with E-state index in [-0.39, 0.29) is 0 Å². The van der Waals surface area contributed by atoms with Gasteiger partial charge in [0.2, 0.25) is 0 Å². The van der Waals surface area contributed by atoms with Crippen molar-refractivity contribution in [3.8, 4) is 11.3 Å². The number of hydrogen-bond donors (Lipinski definition) is 1. The first-order chi connectivity index (χ1) is 9.60. The number of hydrogen-bond acceptors (Lipinski definition) is 5. The van der Waals surface area contributed by atoms with E-state index in [9.17, 15) is 0 Å². The number of ether oxygens (including phenoxy) is 1. The number of nitrogens with zero attached hydrogens (tertiary/aromatic N) is 3. The van der Waals surface area contributed by atoms with Crippen LogP contribution in [0.3, 0.4) is 0 Å². The fourth-order valence-electron chi connectivity index (χ4n) is 1.85. The summed E-state index contributed by atoms with van der Waals surface area (Å²) < 4.78 is 5.33. The molecule has 2 N–H and O–H groups in total. The fourth-order valence-corrected chi connectivity index (χ4v) is 1.85. The third kappa shape index (κ3) is 3.45. The van der Waals surface area contributed by atoms with Crippen molar-refractivity contribution < 1.29 is 4.74 Å². The number of nitrogens with two attached hydrogens (primary N) is 1. The van der Waals surface area contributed by atoms with E-state index >= 15 is 0 Å². The van der Waals surface area contributed by atoms with Crippen molar-refractivity contribution in [2.45, 2.75) is 13.5 Å². The number of benzene rings is 1. The van der Waals surface area contributed by atoms with Crippen molar-refractivity contribution >= 4 is 11.5 Å². The summed E-state index contributed by atoms with van der Waals surface area (Å²) in [7, 11) is 4.02. The third-order valence-corrected chi connectivity index (χ3v) is 2.91. The van der Waals surface area contributed by atoms with Crippen LogP contribution in [-0.4, -0.2) is 30.7 Å². The zero-order valence-corrected chi connectivity index (χ0v) is 12.1. The molecule has 0 unspecified atom stereocenters. The van der Waals surface area contributed by atoms with Gasteiger partial charge in [0.1, 0.15) is 12.4 Å². The lowest BCUT2D eigenvalue weighted by Crippen LogP contribution is -2.08. The molecule has 0 saturated heterocycles. The molecule has 0 aliphatic heterocycles. The molecule has 5 heteroatoms. The number of aromatic nitrogens is 2. The smallest absolute Gasteiger partial charge is 0.157 e. The topological polar surface area (TPSA) is 64.3 Å². The zero-order valence-electron chi connectivity index (χ0n) is 12.1. The summed E-state index contributed by atoms with van der Waals surface area (Å²) in [6, 6.07) is 9.94. The molecule has 1 aromatic carbocycles. The van der Waals surface area contributed by atoms with E-state index in [0.29, 0.717) is 24.9 Å². The van der Waals surface area contributed by atoms with Crippen molar-refractivity contribution in [3.05, 3.63) is 36.2 Å². The van der Waals surface area contributed by atoms with Gasteiger partial charge in [0.15, 0.2) is 5.82 Å². The summed E-state index contributed by atoms with van der Waals surface area (Å²) in [5.74, 6) is 1.07. The van der Waals surface area contributed by atoms with Gasteiger partial charge in [-0.05, 0) is 19.1 Å². The van der Waals surface area contributed by atoms with Crippen molar-refractivity contribution in [3.63, 3.8) is 0 Å². The minimum absolute atomic E-state index is 0.379. The predicted octanol–water partition coefficient (Wildman–Crippen LogP) is 2.33. The second-order valence-corrected chi connectivity index (χ2v) is 4.67. The van der Waals surface area contributed by atoms with Crippen LogP contribution in [0.4, 0.5) is 11.5 Å². The van der Waals surface area contributed by atoms with Crippen LogP contribution in [-0.2, 0) is 11.3 Å². The first-order valence-corrected chi connectivity index (χ1v) is 6.59. The Balaban J connectivity index is 2.29. The highest BCUT2D eigenvalue weighted by Crippen LogP contribution is 2.22. The van der Waals surface area contributed by atoms with Gasteiger partial charge in [0.05, 0.1) is 5.69 Å². The number of rotatable bonds is 5. The molecule has 1 heterocycles. The molecule has 20 heavy (non-hydrogen) atoms. The normalized spacial score (nSPS) is 10.6.